The van der Waals surface area contributed by atoms with Gasteiger partial charge in [-0.1, -0.05) is 0 Å². The molecule has 0 bridgehead atoms. The first-order valence-electron chi connectivity index (χ1n) is 5.41. The van der Waals surface area contributed by atoms with Crippen molar-refractivity contribution in [3.63, 3.8) is 0 Å². The molecular formula is C11H15F3N4O. The minimum absolute atomic E-state index is 0.0508. The standard InChI is InChI=1S/C11H15F3N4O/c1-10(2,5-8(16)19)18-9-4-6(11(12,13)14)3-7(15)17-9/h3-4H,5H2,1-2H3,(H2,16,19)(H3,15,17,18). The summed E-state index contributed by atoms with van der Waals surface area (Å²) in [6.45, 7) is 3.24. The van der Waals surface area contributed by atoms with Gasteiger partial charge in [-0.2, -0.15) is 13.2 Å². The van der Waals surface area contributed by atoms with E-state index < -0.39 is 23.2 Å². The third-order valence-electron chi connectivity index (χ3n) is 2.26. The van der Waals surface area contributed by atoms with Crippen molar-refractivity contribution in [1.82, 2.24) is 4.98 Å². The lowest BCUT2D eigenvalue weighted by Gasteiger charge is -2.26. The molecule has 1 aromatic heterocycles. The summed E-state index contributed by atoms with van der Waals surface area (Å²) >= 11 is 0. The van der Waals surface area contributed by atoms with Crippen LogP contribution in [0.25, 0.3) is 0 Å². The van der Waals surface area contributed by atoms with Crippen molar-refractivity contribution in [2.45, 2.75) is 32.0 Å². The first-order valence-corrected chi connectivity index (χ1v) is 5.41. The lowest BCUT2D eigenvalue weighted by Crippen LogP contribution is -2.36. The molecule has 8 heteroatoms. The Morgan fingerprint density at radius 1 is 1.37 bits per heavy atom. The SMILES string of the molecule is CC(C)(CC(N)=O)Nc1cc(C(F)(F)F)cc(N)n1. The maximum atomic E-state index is 12.6. The smallest absolute Gasteiger partial charge is 0.384 e. The molecule has 0 spiro atoms. The number of anilines is 2. The van der Waals surface area contributed by atoms with Crippen LogP contribution in [0.1, 0.15) is 25.8 Å². The number of nitrogens with one attached hydrogen (secondary N) is 1. The zero-order valence-electron chi connectivity index (χ0n) is 10.5. The van der Waals surface area contributed by atoms with Gasteiger partial charge in [-0.25, -0.2) is 4.98 Å². The number of carbonyl (C=O) groups is 1. The van der Waals surface area contributed by atoms with Gasteiger partial charge < -0.3 is 16.8 Å². The van der Waals surface area contributed by atoms with Crippen LogP contribution in [0.5, 0.6) is 0 Å². The second-order valence-electron chi connectivity index (χ2n) is 4.82. The summed E-state index contributed by atoms with van der Waals surface area (Å²) in [7, 11) is 0. The van der Waals surface area contributed by atoms with E-state index in [1.165, 1.54) is 0 Å². The Labute approximate surface area is 108 Å². The number of nitrogens with zero attached hydrogens (tertiary/aromatic N) is 1. The molecule has 0 fully saturated rings. The molecule has 0 aromatic carbocycles. The molecule has 0 aliphatic carbocycles. The number of rotatable bonds is 4. The molecular weight excluding hydrogens is 261 g/mol. The molecule has 1 rings (SSSR count). The minimum Gasteiger partial charge on any atom is -0.384 e. The van der Waals surface area contributed by atoms with Crippen LogP contribution in [0.3, 0.4) is 0 Å². The Bertz CT molecular complexity index is 485. The van der Waals surface area contributed by atoms with E-state index in [1.54, 1.807) is 13.8 Å². The number of nitrogen functional groups attached to an aromatic ring is 1. The van der Waals surface area contributed by atoms with E-state index in [1.807, 2.05) is 0 Å². The van der Waals surface area contributed by atoms with E-state index in [0.29, 0.717) is 0 Å². The fourth-order valence-corrected chi connectivity index (χ4v) is 1.61. The van der Waals surface area contributed by atoms with Crippen LogP contribution in [-0.4, -0.2) is 16.4 Å². The van der Waals surface area contributed by atoms with E-state index in [4.69, 9.17) is 11.5 Å². The van der Waals surface area contributed by atoms with Gasteiger partial charge >= 0.3 is 6.18 Å². The van der Waals surface area contributed by atoms with Crippen LogP contribution in [-0.2, 0) is 11.0 Å². The maximum Gasteiger partial charge on any atom is 0.416 e. The van der Waals surface area contributed by atoms with E-state index >= 15 is 0 Å². The van der Waals surface area contributed by atoms with Crippen LogP contribution in [0, 0.1) is 0 Å². The van der Waals surface area contributed by atoms with Gasteiger partial charge in [0.05, 0.1) is 5.56 Å². The van der Waals surface area contributed by atoms with Crippen LogP contribution in [0.2, 0.25) is 0 Å². The highest BCUT2D eigenvalue weighted by atomic mass is 19.4. The third kappa shape index (κ3) is 4.65. The monoisotopic (exact) mass is 276 g/mol. The van der Waals surface area contributed by atoms with Gasteiger partial charge in [0, 0.05) is 12.0 Å². The van der Waals surface area contributed by atoms with Gasteiger partial charge in [0.1, 0.15) is 11.6 Å². The maximum absolute atomic E-state index is 12.6. The minimum atomic E-state index is -4.51. The number of aromatic nitrogens is 1. The highest BCUT2D eigenvalue weighted by Gasteiger charge is 2.32. The number of nitrogens with two attached hydrogens (primary N) is 2. The Morgan fingerprint density at radius 3 is 2.42 bits per heavy atom. The lowest BCUT2D eigenvalue weighted by atomic mass is 10.0. The van der Waals surface area contributed by atoms with Gasteiger partial charge in [0.15, 0.2) is 0 Å². The number of halogens is 3. The number of hydrogen-bond acceptors (Lipinski definition) is 4. The third-order valence-corrected chi connectivity index (χ3v) is 2.26. The van der Waals surface area contributed by atoms with E-state index in [-0.39, 0.29) is 18.1 Å². The van der Waals surface area contributed by atoms with Crippen molar-refractivity contribution in [2.24, 2.45) is 5.73 Å². The van der Waals surface area contributed by atoms with E-state index in [0.717, 1.165) is 12.1 Å². The summed E-state index contributed by atoms with van der Waals surface area (Å²) in [6.07, 6.45) is -4.56. The summed E-state index contributed by atoms with van der Waals surface area (Å²) in [5, 5.41) is 2.71. The molecule has 0 unspecified atom stereocenters. The Morgan fingerprint density at radius 2 is 1.95 bits per heavy atom. The van der Waals surface area contributed by atoms with Crippen molar-refractivity contribution >= 4 is 17.5 Å². The number of carbonyl (C=O) groups excluding carboxylic acids is 1. The van der Waals surface area contributed by atoms with E-state index in [9.17, 15) is 18.0 Å². The first-order chi connectivity index (χ1) is 8.49. The molecule has 0 saturated carbocycles. The highest BCUT2D eigenvalue weighted by Crippen LogP contribution is 2.32. The number of alkyl halides is 3. The molecule has 1 heterocycles. The van der Waals surface area contributed by atoms with Crippen LogP contribution >= 0.6 is 0 Å². The van der Waals surface area contributed by atoms with Crippen LogP contribution < -0.4 is 16.8 Å². The Kier molecular flexibility index (Phi) is 3.92. The number of amides is 1. The normalized spacial score (nSPS) is 12.3. The zero-order chi connectivity index (χ0) is 14.8. The fraction of sp³-hybridized carbons (Fsp3) is 0.455. The van der Waals surface area contributed by atoms with Crippen LogP contribution in [0.4, 0.5) is 24.8 Å². The molecule has 19 heavy (non-hydrogen) atoms. The molecule has 0 aliphatic heterocycles. The first kappa shape index (κ1) is 15.1. The molecule has 0 aliphatic rings. The summed E-state index contributed by atoms with van der Waals surface area (Å²) < 4.78 is 37.8. The summed E-state index contributed by atoms with van der Waals surface area (Å²) in [4.78, 5) is 14.6. The average Bonchev–Trinajstić information content (AvgIpc) is 2.11. The zero-order valence-corrected chi connectivity index (χ0v) is 10.5. The average molecular weight is 276 g/mol. The Balaban J connectivity index is 3.02. The van der Waals surface area contributed by atoms with E-state index in [2.05, 4.69) is 10.3 Å². The second kappa shape index (κ2) is 4.94. The Hall–Kier alpha value is -1.99. The molecule has 1 amide bonds. The topological polar surface area (TPSA) is 94.0 Å². The lowest BCUT2D eigenvalue weighted by molar-refractivity contribution is -0.137. The van der Waals surface area contributed by atoms with Gasteiger partial charge in [0.2, 0.25) is 5.91 Å². The largest absolute Gasteiger partial charge is 0.416 e. The molecule has 106 valence electrons. The highest BCUT2D eigenvalue weighted by molar-refractivity contribution is 5.75. The van der Waals surface area contributed by atoms with Crippen molar-refractivity contribution < 1.29 is 18.0 Å². The molecule has 5 nitrogen and oxygen atoms in total. The molecule has 0 saturated heterocycles. The van der Waals surface area contributed by atoms with Gasteiger partial charge in [-0.05, 0) is 26.0 Å². The number of hydrogen-bond donors (Lipinski definition) is 3. The molecule has 0 radical (unpaired) electrons. The predicted molar refractivity (Wildman–Crippen MR) is 65.2 cm³/mol. The fourth-order valence-electron chi connectivity index (χ4n) is 1.61. The predicted octanol–water partition coefficient (Wildman–Crippen LogP) is 1.75. The summed E-state index contributed by atoms with van der Waals surface area (Å²) in [5.74, 6) is -0.886. The molecule has 5 N–H and O–H groups in total. The van der Waals surface area contributed by atoms with Crippen molar-refractivity contribution in [3.05, 3.63) is 17.7 Å². The van der Waals surface area contributed by atoms with Gasteiger partial charge in [-0.15, -0.1) is 0 Å². The van der Waals surface area contributed by atoms with Crippen LogP contribution in [0.15, 0.2) is 12.1 Å². The van der Waals surface area contributed by atoms with Crippen molar-refractivity contribution in [1.29, 1.82) is 0 Å². The number of primary amides is 1. The molecule has 0 atom stereocenters. The summed E-state index contributed by atoms with van der Waals surface area (Å²) in [5.41, 5.74) is 8.66. The van der Waals surface area contributed by atoms with Crippen molar-refractivity contribution in [3.8, 4) is 0 Å². The van der Waals surface area contributed by atoms with Gasteiger partial charge in [-0.3, -0.25) is 4.79 Å². The quantitative estimate of drug-likeness (QED) is 0.780. The second-order valence-corrected chi connectivity index (χ2v) is 4.82. The molecule has 1 aromatic rings. The van der Waals surface area contributed by atoms with Crippen molar-refractivity contribution in [2.75, 3.05) is 11.1 Å². The van der Waals surface area contributed by atoms with Gasteiger partial charge in [0.25, 0.3) is 0 Å². The number of pyridine rings is 1. The summed E-state index contributed by atoms with van der Waals surface area (Å²) in [6, 6.07) is 1.57.